The molecule has 0 amide bonds. The molecule has 3 rings (SSSR count). The van der Waals surface area contributed by atoms with Crippen LogP contribution in [0.5, 0.6) is 0 Å². The van der Waals surface area contributed by atoms with Gasteiger partial charge in [0.25, 0.3) is 0 Å². The monoisotopic (exact) mass is 453 g/mol. The highest BCUT2D eigenvalue weighted by molar-refractivity contribution is 8.93. The third-order valence-electron chi connectivity index (χ3n) is 4.37. The van der Waals surface area contributed by atoms with Gasteiger partial charge in [-0.2, -0.15) is 0 Å². The Labute approximate surface area is 176 Å². The van der Waals surface area contributed by atoms with E-state index < -0.39 is 15.3 Å². The molecule has 0 heterocycles. The molecule has 3 aromatic carbocycles. The second kappa shape index (κ2) is 9.51. The fourth-order valence-electron chi connectivity index (χ4n) is 3.19. The minimum atomic E-state index is -1.79. The zero-order valence-electron chi connectivity index (χ0n) is 16.2. The van der Waals surface area contributed by atoms with E-state index in [1.165, 1.54) is 15.9 Å². The molecule has 0 aliphatic rings. The Morgan fingerprint density at radius 2 is 0.963 bits per heavy atom. The highest BCUT2D eigenvalue weighted by Crippen LogP contribution is 2.54. The predicted octanol–water partition coefficient (Wildman–Crippen LogP) is 5.44. The van der Waals surface area contributed by atoms with E-state index in [0.29, 0.717) is 0 Å². The van der Waals surface area contributed by atoms with Crippen molar-refractivity contribution >= 4 is 48.2 Å². The van der Waals surface area contributed by atoms with Gasteiger partial charge in [0.2, 0.25) is 0 Å². The average Bonchev–Trinajstić information content (AvgIpc) is 2.67. The van der Waals surface area contributed by atoms with Crippen molar-refractivity contribution in [3.8, 4) is 11.5 Å². The van der Waals surface area contributed by atoms with Crippen LogP contribution in [-0.2, 0) is 0 Å². The summed E-state index contributed by atoms with van der Waals surface area (Å²) >= 11 is 0. The van der Waals surface area contributed by atoms with E-state index in [1.54, 1.807) is 0 Å². The van der Waals surface area contributed by atoms with Gasteiger partial charge in [-0.25, -0.2) is 0 Å². The lowest BCUT2D eigenvalue weighted by atomic mass is 10.4. The Kier molecular flexibility index (Phi) is 7.63. The first-order valence-corrected chi connectivity index (χ1v) is 14.5. The Morgan fingerprint density at radius 1 is 0.630 bits per heavy atom. The van der Waals surface area contributed by atoms with E-state index in [4.69, 9.17) is 0 Å². The van der Waals surface area contributed by atoms with E-state index in [0.717, 1.165) is 6.16 Å². The standard InChI is InChI=1S/C24H26PSi.BrH/c1-26(2,3)21-13-20-25(22-14-7-4-8-15-22,23-16-9-5-10-17-23)24-18-11-6-12-19-24;/h4-12,14-19H,20H2,1-3H3;1H/q+1;. The molecule has 0 saturated heterocycles. The summed E-state index contributed by atoms with van der Waals surface area (Å²) in [5.41, 5.74) is 3.60. The molecule has 0 fully saturated rings. The smallest absolute Gasteiger partial charge is 0.128 e. The minimum Gasteiger partial charge on any atom is -0.128 e. The van der Waals surface area contributed by atoms with Crippen molar-refractivity contribution in [2.75, 3.05) is 6.16 Å². The first kappa shape index (κ1) is 21.6. The highest BCUT2D eigenvalue weighted by Gasteiger charge is 2.44. The number of hydrogen-bond donors (Lipinski definition) is 0. The maximum atomic E-state index is 3.62. The van der Waals surface area contributed by atoms with E-state index in [-0.39, 0.29) is 17.0 Å². The zero-order chi connectivity index (χ0) is 18.5. The zero-order valence-corrected chi connectivity index (χ0v) is 19.8. The molecule has 0 saturated carbocycles. The SMILES string of the molecule is Br.C[Si](C)(C)C#CC[P+](c1ccccc1)(c1ccccc1)c1ccccc1. The van der Waals surface area contributed by atoms with E-state index in [2.05, 4.69) is 122 Å². The van der Waals surface area contributed by atoms with Crippen LogP contribution in [0.1, 0.15) is 0 Å². The quantitative estimate of drug-likeness (QED) is 0.280. The second-order valence-electron chi connectivity index (χ2n) is 7.53. The van der Waals surface area contributed by atoms with Crippen LogP contribution < -0.4 is 15.9 Å². The van der Waals surface area contributed by atoms with Crippen LogP contribution in [-0.4, -0.2) is 14.2 Å². The molecule has 0 aliphatic heterocycles. The van der Waals surface area contributed by atoms with Crippen molar-refractivity contribution in [1.82, 2.24) is 0 Å². The number of halogens is 1. The molecule has 27 heavy (non-hydrogen) atoms. The average molecular weight is 454 g/mol. The van der Waals surface area contributed by atoms with Crippen molar-refractivity contribution in [2.45, 2.75) is 19.6 Å². The lowest BCUT2D eigenvalue weighted by Gasteiger charge is -2.25. The third kappa shape index (κ3) is 5.20. The molecule has 0 aliphatic carbocycles. The summed E-state index contributed by atoms with van der Waals surface area (Å²) in [5.74, 6) is 3.62. The summed E-state index contributed by atoms with van der Waals surface area (Å²) in [6.45, 7) is 6.94. The molecule has 0 unspecified atom stereocenters. The maximum Gasteiger partial charge on any atom is 0.133 e. The molecule has 0 aromatic heterocycles. The molecule has 0 bridgehead atoms. The van der Waals surface area contributed by atoms with Gasteiger partial charge in [-0.15, -0.1) is 22.5 Å². The normalized spacial score (nSPS) is 11.1. The highest BCUT2D eigenvalue weighted by atomic mass is 79.9. The van der Waals surface area contributed by atoms with E-state index >= 15 is 0 Å². The van der Waals surface area contributed by atoms with Gasteiger partial charge in [-0.3, -0.25) is 0 Å². The van der Waals surface area contributed by atoms with Gasteiger partial charge in [0.15, 0.2) is 0 Å². The van der Waals surface area contributed by atoms with Gasteiger partial charge in [-0.05, 0) is 36.4 Å². The van der Waals surface area contributed by atoms with E-state index in [9.17, 15) is 0 Å². The Morgan fingerprint density at radius 3 is 1.26 bits per heavy atom. The van der Waals surface area contributed by atoms with Crippen molar-refractivity contribution in [2.24, 2.45) is 0 Å². The second-order valence-corrected chi connectivity index (χ2v) is 15.8. The first-order chi connectivity index (χ1) is 12.5. The van der Waals surface area contributed by atoms with Gasteiger partial charge < -0.3 is 0 Å². The predicted molar refractivity (Wildman–Crippen MR) is 131 cm³/mol. The summed E-state index contributed by atoms with van der Waals surface area (Å²) in [6, 6.07) is 32.9. The molecule has 0 spiro atoms. The summed E-state index contributed by atoms with van der Waals surface area (Å²) in [4.78, 5) is 0. The number of hydrogen-bond acceptors (Lipinski definition) is 0. The van der Waals surface area contributed by atoms with Crippen LogP contribution >= 0.6 is 24.2 Å². The minimum absolute atomic E-state index is 0. The molecular formula is C24H27BrPSi+. The van der Waals surface area contributed by atoms with Crippen LogP contribution in [0.4, 0.5) is 0 Å². The van der Waals surface area contributed by atoms with Crippen molar-refractivity contribution in [1.29, 1.82) is 0 Å². The van der Waals surface area contributed by atoms with E-state index in [1.807, 2.05) is 0 Å². The lowest BCUT2D eigenvalue weighted by molar-refractivity contribution is 1.68. The van der Waals surface area contributed by atoms with Crippen LogP contribution in [0.2, 0.25) is 19.6 Å². The molecule has 3 aromatic rings. The fraction of sp³-hybridized carbons (Fsp3) is 0.167. The van der Waals surface area contributed by atoms with Crippen molar-refractivity contribution in [3.05, 3.63) is 91.0 Å². The molecule has 3 heteroatoms. The van der Waals surface area contributed by atoms with Gasteiger partial charge in [0.05, 0.1) is 0 Å². The molecular weight excluding hydrogens is 427 g/mol. The maximum absolute atomic E-state index is 3.62. The summed E-state index contributed by atoms with van der Waals surface area (Å²) in [6.07, 6.45) is 0.898. The van der Waals surface area contributed by atoms with Crippen LogP contribution in [0.25, 0.3) is 0 Å². The first-order valence-electron chi connectivity index (χ1n) is 9.07. The summed E-state index contributed by atoms with van der Waals surface area (Å²) in [7, 11) is -3.19. The third-order valence-corrected chi connectivity index (χ3v) is 9.47. The summed E-state index contributed by atoms with van der Waals surface area (Å²) in [5, 5.41) is 4.21. The Hall–Kier alpha value is -1.65. The van der Waals surface area contributed by atoms with Gasteiger partial charge in [-0.1, -0.05) is 80.2 Å². The van der Waals surface area contributed by atoms with Gasteiger partial charge in [0, 0.05) is 0 Å². The van der Waals surface area contributed by atoms with Crippen LogP contribution in [0.3, 0.4) is 0 Å². The number of rotatable bonds is 4. The molecule has 0 N–H and O–H groups in total. The molecule has 0 radical (unpaired) electrons. The Bertz CT molecular complexity index is 794. The topological polar surface area (TPSA) is 0 Å². The van der Waals surface area contributed by atoms with Crippen LogP contribution in [0, 0.1) is 11.5 Å². The number of benzene rings is 3. The molecule has 0 nitrogen and oxygen atoms in total. The lowest BCUT2D eigenvalue weighted by Crippen LogP contribution is -2.33. The fourth-order valence-corrected chi connectivity index (χ4v) is 7.76. The van der Waals surface area contributed by atoms with Crippen molar-refractivity contribution < 1.29 is 0 Å². The largest absolute Gasteiger partial charge is 0.133 e. The molecule has 138 valence electrons. The van der Waals surface area contributed by atoms with Gasteiger partial charge >= 0.3 is 0 Å². The summed E-state index contributed by atoms with van der Waals surface area (Å²) < 4.78 is 0. The Balaban J connectivity index is 0.00000261. The van der Waals surface area contributed by atoms with Crippen molar-refractivity contribution in [3.63, 3.8) is 0 Å². The van der Waals surface area contributed by atoms with Gasteiger partial charge in [0.1, 0.15) is 37.4 Å². The molecule has 0 atom stereocenters. The van der Waals surface area contributed by atoms with Crippen LogP contribution in [0.15, 0.2) is 91.0 Å².